The van der Waals surface area contributed by atoms with Gasteiger partial charge in [-0.1, -0.05) is 0 Å². The smallest absolute Gasteiger partial charge is 1.00 e. The van der Waals surface area contributed by atoms with Crippen molar-refractivity contribution in [2.24, 2.45) is 0 Å². The molecule has 0 aliphatic heterocycles. The number of hydrogen-bond acceptors (Lipinski definition) is 4. The first-order valence-corrected chi connectivity index (χ1v) is 3.17. The van der Waals surface area contributed by atoms with Crippen LogP contribution in [0, 0.1) is 0 Å². The van der Waals surface area contributed by atoms with E-state index >= 15 is 0 Å². The summed E-state index contributed by atoms with van der Waals surface area (Å²) in [7, 11) is 0. The maximum atomic E-state index is 10.3. The number of halogens is 1. The van der Waals surface area contributed by atoms with E-state index in [1.807, 2.05) is 0 Å². The molecule has 0 fully saturated rings. The predicted molar refractivity (Wildman–Crippen MR) is 49.1 cm³/mol. The second-order valence-corrected chi connectivity index (χ2v) is 2.48. The molecule has 0 aliphatic rings. The quantitative estimate of drug-likeness (QED) is 0.365. The average molecular weight is 271 g/mol. The van der Waals surface area contributed by atoms with Gasteiger partial charge >= 0.3 is 47.5 Å². The molecule has 10 heteroatoms. The van der Waals surface area contributed by atoms with Crippen molar-refractivity contribution in [1.82, 2.24) is 0 Å². The van der Waals surface area contributed by atoms with Crippen molar-refractivity contribution in [3.8, 4) is 0 Å². The van der Waals surface area contributed by atoms with Gasteiger partial charge in [-0.3, -0.25) is 9.59 Å². The van der Waals surface area contributed by atoms with E-state index in [0.29, 0.717) is 0 Å². The van der Waals surface area contributed by atoms with E-state index in [4.69, 9.17) is 20.4 Å². The maximum Gasteiger partial charge on any atom is 1.00 e. The standard InChI is InChI=1S/C6H8O7.ClH.Na.H2O.H/c7-3(8)1-6(13,5(11)12)2-4(9)10;;;;/h13H,1-2H2,(H,7,8)(H,9,10)(H,11,12);1H;;1H2;/q;;+1;;-1. The Morgan fingerprint density at radius 3 is 1.38 bits per heavy atom. The summed E-state index contributed by atoms with van der Waals surface area (Å²) in [5.41, 5.74) is -2.74. The number of carbonyl (C=O) groups is 3. The SMILES string of the molecule is Cl.O.O=C(O)CC(O)(CC(=O)O)C(=O)O.[H-].[Na+]. The maximum absolute atomic E-state index is 10.3. The van der Waals surface area contributed by atoms with E-state index in [9.17, 15) is 14.4 Å². The van der Waals surface area contributed by atoms with Gasteiger partial charge in [-0.2, -0.15) is 0 Å². The average Bonchev–Trinajstić information content (AvgIpc) is 1.82. The Kier molecular flexibility index (Phi) is 15.2. The molecule has 6 N–H and O–H groups in total. The second kappa shape index (κ2) is 9.82. The number of carboxylic acids is 3. The molecule has 0 atom stereocenters. The molecule has 8 nitrogen and oxygen atoms in total. The van der Waals surface area contributed by atoms with E-state index < -0.39 is 36.4 Å². The molecule has 0 bridgehead atoms. The van der Waals surface area contributed by atoms with Crippen LogP contribution in [0.4, 0.5) is 0 Å². The molecular weight excluding hydrogens is 259 g/mol. The summed E-state index contributed by atoms with van der Waals surface area (Å²) in [6, 6.07) is 0. The Balaban J connectivity index is -0.000000120. The zero-order valence-electron chi connectivity index (χ0n) is 9.34. The van der Waals surface area contributed by atoms with Crippen LogP contribution in [-0.4, -0.2) is 49.4 Å². The first-order valence-electron chi connectivity index (χ1n) is 3.17. The van der Waals surface area contributed by atoms with Crippen LogP contribution in [0.25, 0.3) is 0 Å². The van der Waals surface area contributed by atoms with Crippen LogP contribution >= 0.6 is 12.4 Å². The molecular formula is C6H12ClNaO8. The van der Waals surface area contributed by atoms with Crippen molar-refractivity contribution >= 4 is 30.3 Å². The first-order chi connectivity index (χ1) is 5.78. The van der Waals surface area contributed by atoms with Crippen molar-refractivity contribution in [3.05, 3.63) is 0 Å². The van der Waals surface area contributed by atoms with Crippen LogP contribution in [0.3, 0.4) is 0 Å². The van der Waals surface area contributed by atoms with Gasteiger partial charge in [0.2, 0.25) is 0 Å². The first kappa shape index (κ1) is 24.7. The van der Waals surface area contributed by atoms with Crippen LogP contribution in [0.5, 0.6) is 0 Å². The van der Waals surface area contributed by atoms with Crippen LogP contribution < -0.4 is 29.6 Å². The monoisotopic (exact) mass is 270 g/mol. The fourth-order valence-corrected chi connectivity index (χ4v) is 0.714. The zero-order valence-corrected chi connectivity index (χ0v) is 11.2. The van der Waals surface area contributed by atoms with E-state index in [2.05, 4.69) is 0 Å². The van der Waals surface area contributed by atoms with Gasteiger partial charge in [-0.25, -0.2) is 4.79 Å². The molecule has 0 aliphatic carbocycles. The van der Waals surface area contributed by atoms with Crippen molar-refractivity contribution in [1.29, 1.82) is 0 Å². The Hall–Kier alpha value is -0.380. The summed E-state index contributed by atoms with van der Waals surface area (Å²) < 4.78 is 0. The summed E-state index contributed by atoms with van der Waals surface area (Å²) in [6.07, 6.45) is -2.29. The summed E-state index contributed by atoms with van der Waals surface area (Å²) in [5, 5.41) is 33.8. The molecule has 0 aromatic rings. The van der Waals surface area contributed by atoms with E-state index in [1.165, 1.54) is 0 Å². The van der Waals surface area contributed by atoms with Crippen LogP contribution in [0.1, 0.15) is 14.3 Å². The van der Waals surface area contributed by atoms with Crippen LogP contribution in [-0.2, 0) is 14.4 Å². The van der Waals surface area contributed by atoms with Gasteiger partial charge < -0.3 is 27.3 Å². The molecule has 0 amide bonds. The van der Waals surface area contributed by atoms with Crippen LogP contribution in [0.2, 0.25) is 0 Å². The van der Waals surface area contributed by atoms with Gasteiger partial charge in [0.05, 0.1) is 12.8 Å². The van der Waals surface area contributed by atoms with Crippen molar-refractivity contribution < 1.29 is 71.3 Å². The van der Waals surface area contributed by atoms with E-state index in [-0.39, 0.29) is 48.9 Å². The van der Waals surface area contributed by atoms with Gasteiger partial charge in [-0.05, 0) is 0 Å². The zero-order chi connectivity index (χ0) is 10.6. The Morgan fingerprint density at radius 1 is 1.00 bits per heavy atom. The molecule has 0 radical (unpaired) electrons. The summed E-state index contributed by atoms with van der Waals surface area (Å²) in [4.78, 5) is 30.5. The largest absolute Gasteiger partial charge is 1.00 e. The minimum atomic E-state index is -2.74. The normalized spacial score (nSPS) is 8.81. The number of aliphatic carboxylic acids is 3. The summed E-state index contributed by atoms with van der Waals surface area (Å²) >= 11 is 0. The van der Waals surface area contributed by atoms with Crippen molar-refractivity contribution in [2.75, 3.05) is 0 Å². The van der Waals surface area contributed by atoms with E-state index in [0.717, 1.165) is 0 Å². The summed E-state index contributed by atoms with van der Waals surface area (Å²) in [6.45, 7) is 0. The van der Waals surface area contributed by atoms with Crippen molar-refractivity contribution in [2.45, 2.75) is 18.4 Å². The minimum Gasteiger partial charge on any atom is -1.00 e. The minimum absolute atomic E-state index is 0. The fraction of sp³-hybridized carbons (Fsp3) is 0.500. The van der Waals surface area contributed by atoms with Gasteiger partial charge in [0.15, 0.2) is 5.60 Å². The second-order valence-electron chi connectivity index (χ2n) is 2.48. The number of hydrogen-bond donors (Lipinski definition) is 4. The fourth-order valence-electron chi connectivity index (χ4n) is 0.714. The number of aliphatic hydroxyl groups is 1. The van der Waals surface area contributed by atoms with Crippen LogP contribution in [0.15, 0.2) is 0 Å². The van der Waals surface area contributed by atoms with E-state index in [1.54, 1.807) is 0 Å². The predicted octanol–water partition coefficient (Wildman–Crippen LogP) is -4.53. The third-order valence-electron chi connectivity index (χ3n) is 1.29. The molecule has 0 rings (SSSR count). The third-order valence-corrected chi connectivity index (χ3v) is 1.29. The Bertz CT molecular complexity index is 244. The van der Waals surface area contributed by atoms with Gasteiger partial charge in [0, 0.05) is 0 Å². The summed E-state index contributed by atoms with van der Waals surface area (Å²) in [5.74, 6) is -5.02. The topological polar surface area (TPSA) is 164 Å². The van der Waals surface area contributed by atoms with Gasteiger partial charge in [0.1, 0.15) is 0 Å². The molecule has 0 heterocycles. The molecule has 92 valence electrons. The molecule has 16 heavy (non-hydrogen) atoms. The molecule has 0 spiro atoms. The Labute approximate surface area is 120 Å². The number of carboxylic acid groups (broad SMARTS) is 3. The number of rotatable bonds is 5. The van der Waals surface area contributed by atoms with Gasteiger partial charge in [0.25, 0.3) is 0 Å². The molecule has 0 saturated heterocycles. The molecule has 0 aromatic carbocycles. The molecule has 0 saturated carbocycles. The third kappa shape index (κ3) is 8.89. The molecule has 0 aromatic heterocycles. The van der Waals surface area contributed by atoms with Gasteiger partial charge in [-0.15, -0.1) is 12.4 Å². The molecule has 0 unspecified atom stereocenters. The Morgan fingerprint density at radius 2 is 1.25 bits per heavy atom. The van der Waals surface area contributed by atoms with Crippen molar-refractivity contribution in [3.63, 3.8) is 0 Å².